The molecule has 23 heavy (non-hydrogen) atoms. The van der Waals surface area contributed by atoms with Crippen LogP contribution in [0, 0.1) is 5.92 Å². The van der Waals surface area contributed by atoms with Gasteiger partial charge >= 0.3 is 6.03 Å². The van der Waals surface area contributed by atoms with Crippen LogP contribution in [0.15, 0.2) is 0 Å². The van der Waals surface area contributed by atoms with Crippen molar-refractivity contribution in [3.05, 3.63) is 0 Å². The Labute approximate surface area is 145 Å². The predicted octanol–water partition coefficient (Wildman–Crippen LogP) is 3.18. The molecule has 2 heterocycles. The number of carbonyl (C=O) groups excluding carboxylic acids is 1. The van der Waals surface area contributed by atoms with Gasteiger partial charge in [-0.25, -0.2) is 4.79 Å². The Morgan fingerprint density at radius 3 is 2.70 bits per heavy atom. The van der Waals surface area contributed by atoms with Crippen molar-refractivity contribution in [1.82, 2.24) is 15.1 Å². The Morgan fingerprint density at radius 2 is 1.96 bits per heavy atom. The van der Waals surface area contributed by atoms with E-state index in [-0.39, 0.29) is 12.1 Å². The summed E-state index contributed by atoms with van der Waals surface area (Å²) in [5.41, 5.74) is 0. The number of carbonyl (C=O) groups is 1. The highest BCUT2D eigenvalue weighted by Crippen LogP contribution is 2.30. The van der Waals surface area contributed by atoms with Gasteiger partial charge in [0.15, 0.2) is 0 Å². The first-order valence-electron chi connectivity index (χ1n) is 9.54. The van der Waals surface area contributed by atoms with Gasteiger partial charge in [0.1, 0.15) is 0 Å². The number of nitrogens with one attached hydrogen (secondary N) is 1. The number of hydrogen-bond donors (Lipinski definition) is 1. The van der Waals surface area contributed by atoms with Crippen molar-refractivity contribution in [3.8, 4) is 0 Å². The number of amides is 2. The lowest BCUT2D eigenvalue weighted by atomic mass is 9.85. The molecule has 0 bridgehead atoms. The van der Waals surface area contributed by atoms with Gasteiger partial charge < -0.3 is 15.1 Å². The fourth-order valence-corrected chi connectivity index (χ4v) is 5.16. The van der Waals surface area contributed by atoms with Crippen molar-refractivity contribution in [3.63, 3.8) is 0 Å². The Hall–Kier alpha value is -0.420. The molecule has 2 aliphatic heterocycles. The van der Waals surface area contributed by atoms with Gasteiger partial charge in [-0.05, 0) is 64.2 Å². The minimum absolute atomic E-state index is 0.160. The first kappa shape index (κ1) is 17.4. The highest BCUT2D eigenvalue weighted by molar-refractivity contribution is 7.99. The molecule has 1 N–H and O–H groups in total. The molecular weight excluding hydrogens is 306 g/mol. The first-order valence-corrected chi connectivity index (χ1v) is 10.7. The minimum Gasteiger partial charge on any atom is -0.335 e. The molecule has 3 fully saturated rings. The van der Waals surface area contributed by atoms with Crippen LogP contribution < -0.4 is 5.32 Å². The van der Waals surface area contributed by atoms with E-state index in [9.17, 15) is 4.79 Å². The molecule has 2 saturated heterocycles. The van der Waals surface area contributed by atoms with Crippen molar-refractivity contribution in [2.45, 2.75) is 70.5 Å². The molecule has 1 aliphatic carbocycles. The predicted molar refractivity (Wildman–Crippen MR) is 98.0 cm³/mol. The van der Waals surface area contributed by atoms with Crippen LogP contribution >= 0.6 is 11.8 Å². The summed E-state index contributed by atoms with van der Waals surface area (Å²) in [6, 6.07) is 1.65. The van der Waals surface area contributed by atoms with Crippen molar-refractivity contribution in [2.75, 3.05) is 31.1 Å². The van der Waals surface area contributed by atoms with Gasteiger partial charge in [0.25, 0.3) is 0 Å². The van der Waals surface area contributed by atoms with Gasteiger partial charge in [-0.2, -0.15) is 11.8 Å². The molecule has 0 radical (unpaired) electrons. The minimum atomic E-state index is 0.160. The summed E-state index contributed by atoms with van der Waals surface area (Å²) < 4.78 is 0. The summed E-state index contributed by atoms with van der Waals surface area (Å²) in [6.07, 6.45) is 7.84. The summed E-state index contributed by atoms with van der Waals surface area (Å²) in [6.45, 7) is 7.74. The zero-order valence-corrected chi connectivity index (χ0v) is 15.6. The van der Waals surface area contributed by atoms with Crippen LogP contribution in [0.1, 0.15) is 52.4 Å². The van der Waals surface area contributed by atoms with Gasteiger partial charge in [0, 0.05) is 37.0 Å². The molecule has 3 atom stereocenters. The van der Waals surface area contributed by atoms with E-state index in [4.69, 9.17) is 0 Å². The molecule has 0 aromatic heterocycles. The Morgan fingerprint density at radius 1 is 1.13 bits per heavy atom. The van der Waals surface area contributed by atoms with Crippen LogP contribution in [0.2, 0.25) is 0 Å². The summed E-state index contributed by atoms with van der Waals surface area (Å²) in [7, 11) is 0. The van der Waals surface area contributed by atoms with Gasteiger partial charge in [-0.15, -0.1) is 0 Å². The number of likely N-dealkylation sites (tertiary alicyclic amines) is 1. The summed E-state index contributed by atoms with van der Waals surface area (Å²) >= 11 is 1.97. The van der Waals surface area contributed by atoms with E-state index in [2.05, 4.69) is 29.0 Å². The second-order valence-electron chi connectivity index (χ2n) is 7.66. The molecule has 1 saturated carbocycles. The second-order valence-corrected chi connectivity index (χ2v) is 8.89. The Balaban J connectivity index is 1.50. The number of piperidine rings is 1. The quantitative estimate of drug-likeness (QED) is 0.858. The summed E-state index contributed by atoms with van der Waals surface area (Å²) in [4.78, 5) is 17.4. The van der Waals surface area contributed by atoms with Crippen LogP contribution in [0.3, 0.4) is 0 Å². The molecule has 3 rings (SSSR count). The van der Waals surface area contributed by atoms with Gasteiger partial charge in [-0.3, -0.25) is 0 Å². The van der Waals surface area contributed by atoms with Crippen molar-refractivity contribution in [2.24, 2.45) is 5.92 Å². The van der Waals surface area contributed by atoms with Gasteiger partial charge in [0.05, 0.1) is 0 Å². The maximum atomic E-state index is 12.7. The Kier molecular flexibility index (Phi) is 6.13. The van der Waals surface area contributed by atoms with E-state index >= 15 is 0 Å². The largest absolute Gasteiger partial charge is 0.335 e. The molecule has 3 aliphatic rings. The topological polar surface area (TPSA) is 35.6 Å². The molecule has 0 unspecified atom stereocenters. The zero-order valence-electron chi connectivity index (χ0n) is 14.8. The molecule has 132 valence electrons. The molecule has 4 nitrogen and oxygen atoms in total. The summed E-state index contributed by atoms with van der Waals surface area (Å²) in [5.74, 6) is 2.87. The number of thioether (sulfide) groups is 1. The van der Waals surface area contributed by atoms with Crippen molar-refractivity contribution >= 4 is 17.8 Å². The second kappa shape index (κ2) is 8.11. The van der Waals surface area contributed by atoms with Crippen LogP contribution in [0.25, 0.3) is 0 Å². The molecule has 0 aromatic carbocycles. The van der Waals surface area contributed by atoms with E-state index in [0.717, 1.165) is 24.8 Å². The number of hydrogen-bond acceptors (Lipinski definition) is 3. The van der Waals surface area contributed by atoms with Crippen LogP contribution in [0.4, 0.5) is 4.79 Å². The number of rotatable bonds is 3. The SMILES string of the molecule is C[C@H](NC(=O)N1CCSCC[C@H]1C)[C@H]1CCCN(C2CCC2)C1. The number of urea groups is 1. The van der Waals surface area contributed by atoms with Crippen LogP contribution in [-0.2, 0) is 0 Å². The monoisotopic (exact) mass is 339 g/mol. The van der Waals surface area contributed by atoms with Crippen molar-refractivity contribution < 1.29 is 4.79 Å². The fraction of sp³-hybridized carbons (Fsp3) is 0.944. The lowest BCUT2D eigenvalue weighted by Crippen LogP contribution is -2.54. The first-order chi connectivity index (χ1) is 11.1. The lowest BCUT2D eigenvalue weighted by molar-refractivity contribution is 0.0666. The standard InChI is InChI=1S/C18H33N3OS/c1-14-8-11-23-12-10-21(14)18(22)19-15(2)16-5-4-9-20(13-16)17-6-3-7-17/h14-17H,3-13H2,1-2H3,(H,19,22)/t14-,15+,16+/m1/s1. The fourth-order valence-electron chi connectivity index (χ4n) is 4.12. The normalized spacial score (nSPS) is 32.0. The highest BCUT2D eigenvalue weighted by atomic mass is 32.2. The van der Waals surface area contributed by atoms with E-state index in [1.165, 1.54) is 50.9 Å². The third kappa shape index (κ3) is 4.36. The molecular formula is C18H33N3OS. The molecule has 5 heteroatoms. The van der Waals surface area contributed by atoms with Crippen molar-refractivity contribution in [1.29, 1.82) is 0 Å². The maximum Gasteiger partial charge on any atom is 0.317 e. The van der Waals surface area contributed by atoms with E-state index in [1.54, 1.807) is 0 Å². The average molecular weight is 340 g/mol. The smallest absolute Gasteiger partial charge is 0.317 e. The number of nitrogens with zero attached hydrogens (tertiary/aromatic N) is 2. The third-order valence-electron chi connectivity index (χ3n) is 6.09. The zero-order chi connectivity index (χ0) is 16.2. The third-order valence-corrected chi connectivity index (χ3v) is 7.08. The highest BCUT2D eigenvalue weighted by Gasteiger charge is 2.32. The van der Waals surface area contributed by atoms with E-state index < -0.39 is 0 Å². The van der Waals surface area contributed by atoms with Crippen LogP contribution in [-0.4, -0.2) is 65.1 Å². The maximum absolute atomic E-state index is 12.7. The van der Waals surface area contributed by atoms with Gasteiger partial charge in [-0.1, -0.05) is 6.42 Å². The molecule has 0 spiro atoms. The Bertz CT molecular complexity index is 402. The van der Waals surface area contributed by atoms with Crippen LogP contribution in [0.5, 0.6) is 0 Å². The summed E-state index contributed by atoms with van der Waals surface area (Å²) in [5, 5.41) is 3.32. The van der Waals surface area contributed by atoms with E-state index in [0.29, 0.717) is 12.0 Å². The van der Waals surface area contributed by atoms with Gasteiger partial charge in [0.2, 0.25) is 0 Å². The molecule has 2 amide bonds. The lowest BCUT2D eigenvalue weighted by Gasteiger charge is -2.44. The van der Waals surface area contributed by atoms with E-state index in [1.807, 2.05) is 11.8 Å². The molecule has 0 aromatic rings. The average Bonchev–Trinajstić information content (AvgIpc) is 2.70.